The molecule has 0 aliphatic rings. The molecule has 0 fully saturated rings. The van der Waals surface area contributed by atoms with Gasteiger partial charge >= 0.3 is 17.9 Å². The lowest BCUT2D eigenvalue weighted by atomic mass is 10.0. The lowest BCUT2D eigenvalue weighted by Gasteiger charge is -2.18. The summed E-state index contributed by atoms with van der Waals surface area (Å²) < 4.78 is 16.7. The van der Waals surface area contributed by atoms with Crippen LogP contribution in [0.1, 0.15) is 252 Å². The number of ether oxygens (including phenoxy) is 3. The Morgan fingerprint density at radius 3 is 1.07 bits per heavy atom. The van der Waals surface area contributed by atoms with Crippen molar-refractivity contribution in [3.63, 3.8) is 0 Å². The first-order valence-corrected chi connectivity index (χ1v) is 24.5. The molecule has 6 heteroatoms. The van der Waals surface area contributed by atoms with Gasteiger partial charge in [0.15, 0.2) is 6.10 Å². The van der Waals surface area contributed by atoms with Crippen LogP contribution in [0.3, 0.4) is 0 Å². The van der Waals surface area contributed by atoms with Crippen molar-refractivity contribution < 1.29 is 28.6 Å². The van der Waals surface area contributed by atoms with E-state index >= 15 is 0 Å². The summed E-state index contributed by atoms with van der Waals surface area (Å²) in [4.78, 5) is 37.8. The van der Waals surface area contributed by atoms with Gasteiger partial charge < -0.3 is 14.2 Å². The summed E-state index contributed by atoms with van der Waals surface area (Å²) in [5.74, 6) is -0.902. The molecule has 0 rings (SSSR count). The smallest absolute Gasteiger partial charge is 0.306 e. The minimum Gasteiger partial charge on any atom is -0.462 e. The van der Waals surface area contributed by atoms with E-state index in [1.807, 2.05) is 0 Å². The van der Waals surface area contributed by atoms with Crippen LogP contribution in [-0.2, 0) is 28.6 Å². The van der Waals surface area contributed by atoms with Crippen molar-refractivity contribution in [1.82, 2.24) is 0 Å². The van der Waals surface area contributed by atoms with E-state index in [1.54, 1.807) is 0 Å². The predicted molar refractivity (Wildman–Crippen MR) is 242 cm³/mol. The molecule has 0 aromatic heterocycles. The molecule has 0 N–H and O–H groups in total. The second-order valence-electron chi connectivity index (χ2n) is 16.4. The molecular formula is C51H92O6. The van der Waals surface area contributed by atoms with Crippen molar-refractivity contribution in [1.29, 1.82) is 0 Å². The Morgan fingerprint density at radius 1 is 0.368 bits per heavy atom. The fourth-order valence-corrected chi connectivity index (χ4v) is 6.99. The summed E-state index contributed by atoms with van der Waals surface area (Å²) in [6.07, 6.45) is 52.7. The molecule has 0 radical (unpaired) electrons. The zero-order valence-corrected chi connectivity index (χ0v) is 37.9. The summed E-state index contributed by atoms with van der Waals surface area (Å²) in [6.45, 7) is 6.51. The van der Waals surface area contributed by atoms with Crippen LogP contribution in [0.15, 0.2) is 36.5 Å². The Kier molecular flexibility index (Phi) is 44.4. The molecule has 57 heavy (non-hydrogen) atoms. The van der Waals surface area contributed by atoms with Gasteiger partial charge in [0.2, 0.25) is 0 Å². The van der Waals surface area contributed by atoms with Gasteiger partial charge in [0.1, 0.15) is 13.2 Å². The second-order valence-corrected chi connectivity index (χ2v) is 16.4. The maximum absolute atomic E-state index is 12.7. The highest BCUT2D eigenvalue weighted by atomic mass is 16.6. The minimum absolute atomic E-state index is 0.0802. The molecule has 1 atom stereocenters. The molecule has 0 saturated carbocycles. The fourth-order valence-electron chi connectivity index (χ4n) is 6.99. The molecule has 6 nitrogen and oxygen atoms in total. The highest BCUT2D eigenvalue weighted by Crippen LogP contribution is 2.15. The van der Waals surface area contributed by atoms with Crippen LogP contribution in [0.25, 0.3) is 0 Å². The first kappa shape index (κ1) is 54.6. The summed E-state index contributed by atoms with van der Waals surface area (Å²) in [5, 5.41) is 0. The largest absolute Gasteiger partial charge is 0.462 e. The third-order valence-electron chi connectivity index (χ3n) is 10.7. The average Bonchev–Trinajstić information content (AvgIpc) is 3.21. The first-order chi connectivity index (χ1) is 28.0. The Bertz CT molecular complexity index is 969. The molecular weight excluding hydrogens is 709 g/mol. The van der Waals surface area contributed by atoms with Gasteiger partial charge in [-0.2, -0.15) is 0 Å². The number of carbonyl (C=O) groups is 3. The molecule has 0 aromatic carbocycles. The topological polar surface area (TPSA) is 78.9 Å². The Morgan fingerprint density at radius 2 is 0.684 bits per heavy atom. The van der Waals surface area contributed by atoms with E-state index in [4.69, 9.17) is 14.2 Å². The van der Waals surface area contributed by atoms with E-state index in [0.717, 1.165) is 83.5 Å². The van der Waals surface area contributed by atoms with Gasteiger partial charge in [-0.1, -0.05) is 218 Å². The molecule has 0 heterocycles. The quantitative estimate of drug-likeness (QED) is 0.0264. The van der Waals surface area contributed by atoms with Gasteiger partial charge in [-0.15, -0.1) is 0 Å². The average molecular weight is 801 g/mol. The molecule has 0 aliphatic heterocycles. The minimum atomic E-state index is -0.780. The van der Waals surface area contributed by atoms with Gasteiger partial charge in [0.25, 0.3) is 0 Å². The van der Waals surface area contributed by atoms with E-state index < -0.39 is 6.10 Å². The SMILES string of the molecule is CC/C=C\C/C=C\C/C=C\CCCCCC(=O)OC(COC(=O)CCCCCCCCCCCCCC)COC(=O)CCCCCCCCCCCCCCCC. The highest BCUT2D eigenvalue weighted by Gasteiger charge is 2.19. The van der Waals surface area contributed by atoms with E-state index in [1.165, 1.54) is 128 Å². The van der Waals surface area contributed by atoms with E-state index in [2.05, 4.69) is 57.2 Å². The van der Waals surface area contributed by atoms with Crippen molar-refractivity contribution in [2.45, 2.75) is 258 Å². The number of allylic oxidation sites excluding steroid dienone is 6. The number of rotatable bonds is 44. The van der Waals surface area contributed by atoms with Crippen LogP contribution >= 0.6 is 0 Å². The van der Waals surface area contributed by atoms with Crippen molar-refractivity contribution in [3.05, 3.63) is 36.5 Å². The normalized spacial score (nSPS) is 12.3. The number of hydrogen-bond acceptors (Lipinski definition) is 6. The first-order valence-electron chi connectivity index (χ1n) is 24.5. The van der Waals surface area contributed by atoms with Crippen LogP contribution in [0.5, 0.6) is 0 Å². The summed E-state index contributed by atoms with van der Waals surface area (Å²) >= 11 is 0. The van der Waals surface area contributed by atoms with Crippen LogP contribution in [0.2, 0.25) is 0 Å². The predicted octanol–water partition coefficient (Wildman–Crippen LogP) is 15.8. The van der Waals surface area contributed by atoms with Crippen LogP contribution in [-0.4, -0.2) is 37.2 Å². The van der Waals surface area contributed by atoms with Crippen molar-refractivity contribution >= 4 is 17.9 Å². The zero-order chi connectivity index (χ0) is 41.5. The molecule has 0 amide bonds. The number of carbonyl (C=O) groups excluding carboxylic acids is 3. The molecule has 0 bridgehead atoms. The standard InChI is InChI=1S/C51H92O6/c1-4-7-10-13-16-19-22-25-27-29-32-35-38-41-44-50(53)56-47-48(46-55-49(52)43-40-37-34-31-28-24-21-18-15-12-9-6-3)57-51(54)45-42-39-36-33-30-26-23-20-17-14-11-8-5-2/h8,11,17,20,26,30,48H,4-7,9-10,12-16,18-19,21-25,27-29,31-47H2,1-3H3/b11-8-,20-17-,30-26-. The molecule has 0 aromatic rings. The number of unbranched alkanes of at least 4 members (excludes halogenated alkanes) is 27. The molecule has 332 valence electrons. The molecule has 0 spiro atoms. The Balaban J connectivity index is 4.38. The van der Waals surface area contributed by atoms with Gasteiger partial charge in [0, 0.05) is 19.3 Å². The summed E-state index contributed by atoms with van der Waals surface area (Å²) in [5.41, 5.74) is 0. The van der Waals surface area contributed by atoms with Gasteiger partial charge in [-0.3, -0.25) is 14.4 Å². The lowest BCUT2D eigenvalue weighted by Crippen LogP contribution is -2.30. The van der Waals surface area contributed by atoms with E-state index in [-0.39, 0.29) is 31.1 Å². The number of hydrogen-bond donors (Lipinski definition) is 0. The maximum atomic E-state index is 12.7. The molecule has 0 aliphatic carbocycles. The highest BCUT2D eigenvalue weighted by molar-refractivity contribution is 5.71. The fraction of sp³-hybridized carbons (Fsp3) is 0.824. The van der Waals surface area contributed by atoms with E-state index in [9.17, 15) is 14.4 Å². The monoisotopic (exact) mass is 801 g/mol. The summed E-state index contributed by atoms with van der Waals surface area (Å²) in [7, 11) is 0. The van der Waals surface area contributed by atoms with Gasteiger partial charge in [0.05, 0.1) is 0 Å². The van der Waals surface area contributed by atoms with Crippen LogP contribution in [0.4, 0.5) is 0 Å². The Hall–Kier alpha value is -2.37. The zero-order valence-electron chi connectivity index (χ0n) is 37.9. The van der Waals surface area contributed by atoms with Crippen molar-refractivity contribution in [3.8, 4) is 0 Å². The second kappa shape index (κ2) is 46.3. The van der Waals surface area contributed by atoms with Crippen molar-refractivity contribution in [2.75, 3.05) is 13.2 Å². The molecule has 1 unspecified atom stereocenters. The third kappa shape index (κ3) is 44.6. The summed E-state index contributed by atoms with van der Waals surface area (Å²) in [6, 6.07) is 0. The lowest BCUT2D eigenvalue weighted by molar-refractivity contribution is -0.167. The van der Waals surface area contributed by atoms with E-state index in [0.29, 0.717) is 19.3 Å². The third-order valence-corrected chi connectivity index (χ3v) is 10.7. The number of esters is 3. The Labute approximate surface area is 353 Å². The van der Waals surface area contributed by atoms with Crippen molar-refractivity contribution in [2.24, 2.45) is 0 Å². The van der Waals surface area contributed by atoms with Gasteiger partial charge in [-0.05, 0) is 51.4 Å². The van der Waals surface area contributed by atoms with Gasteiger partial charge in [-0.25, -0.2) is 0 Å². The van der Waals surface area contributed by atoms with Crippen LogP contribution in [0, 0.1) is 0 Å². The molecule has 0 saturated heterocycles. The maximum Gasteiger partial charge on any atom is 0.306 e. The van der Waals surface area contributed by atoms with Crippen LogP contribution < -0.4 is 0 Å².